The summed E-state index contributed by atoms with van der Waals surface area (Å²) in [6, 6.07) is 14.1. The first-order chi connectivity index (χ1) is 13.9. The lowest BCUT2D eigenvalue weighted by molar-refractivity contribution is -0.131. The minimum atomic E-state index is -1.60. The molecule has 1 aromatic heterocycles. The molecule has 8 heteroatoms. The maximum Gasteiger partial charge on any atom is 0.377 e. The van der Waals surface area contributed by atoms with Gasteiger partial charge in [-0.3, -0.25) is 14.4 Å². The first-order valence-corrected chi connectivity index (χ1v) is 10.0. The van der Waals surface area contributed by atoms with E-state index in [1.165, 1.54) is 6.07 Å². The van der Waals surface area contributed by atoms with Crippen LogP contribution in [0.2, 0.25) is 0 Å². The Kier molecular flexibility index (Phi) is 4.71. The smallest absolute Gasteiger partial charge is 0.377 e. The lowest BCUT2D eigenvalue weighted by Crippen LogP contribution is -2.27. The molecule has 0 spiro atoms. The van der Waals surface area contributed by atoms with Crippen LogP contribution in [-0.2, 0) is 16.1 Å². The zero-order chi connectivity index (χ0) is 20.7. The van der Waals surface area contributed by atoms with Crippen LogP contribution in [0, 0.1) is 0 Å². The second kappa shape index (κ2) is 7.21. The highest BCUT2D eigenvalue weighted by Crippen LogP contribution is 2.44. The molecular formula is C21H17N2O5S. The number of Topliss-reactive ketones (excluding diaryl/α,β-unsaturated/α-hetero) is 2. The average Bonchev–Trinajstić information content (AvgIpc) is 3.03. The summed E-state index contributed by atoms with van der Waals surface area (Å²) in [6.45, 7) is 0.339. The van der Waals surface area contributed by atoms with Crippen molar-refractivity contribution in [3.8, 4) is 0 Å². The number of benzene rings is 2. The van der Waals surface area contributed by atoms with E-state index in [0.717, 1.165) is 5.56 Å². The number of ketones is 2. The Labute approximate surface area is 169 Å². The predicted octanol–water partition coefficient (Wildman–Crippen LogP) is 2.15. The molecule has 1 radical (unpaired) electrons. The van der Waals surface area contributed by atoms with Crippen LogP contribution in [0.25, 0.3) is 10.9 Å². The molecule has 2 heterocycles. The molecule has 7 nitrogen and oxygen atoms in total. The van der Waals surface area contributed by atoms with Crippen LogP contribution >= 0.6 is 11.8 Å². The van der Waals surface area contributed by atoms with Gasteiger partial charge < -0.3 is 15.4 Å². The molecule has 3 N–H and O–H groups in total. The second-order valence-electron chi connectivity index (χ2n) is 6.74. The van der Waals surface area contributed by atoms with E-state index in [4.69, 9.17) is 5.73 Å². The molecule has 2 aromatic carbocycles. The topological polar surface area (TPSA) is 119 Å². The van der Waals surface area contributed by atoms with E-state index in [-0.39, 0.29) is 17.1 Å². The van der Waals surface area contributed by atoms with Crippen molar-refractivity contribution >= 4 is 46.1 Å². The summed E-state index contributed by atoms with van der Waals surface area (Å²) in [6.07, 6.45) is 0. The number of aromatic nitrogens is 1. The first kappa shape index (κ1) is 18.9. The van der Waals surface area contributed by atoms with E-state index in [2.05, 4.69) is 0 Å². The maximum absolute atomic E-state index is 12.9. The molecule has 0 fully saturated rings. The largest absolute Gasteiger partial charge is 0.475 e. The minimum Gasteiger partial charge on any atom is -0.475 e. The number of carboxylic acids is 1. The highest BCUT2D eigenvalue weighted by molar-refractivity contribution is 8.01. The van der Waals surface area contributed by atoms with Crippen molar-refractivity contribution in [3.63, 3.8) is 0 Å². The van der Waals surface area contributed by atoms with Gasteiger partial charge in [0.25, 0.3) is 5.78 Å². The standard InChI is InChI=1S/C21H17N2O5S/c22-20(26)19-16-15-12(18(25)21(27)28)7-4-8-13(15)23(17(16)14(24)10-29-19)9-11-5-2-1-3-6-11/h1-8,19,29H,9-10H2,(H2,22,26)(H,27,28)/t19-/m1/s1. The van der Waals surface area contributed by atoms with E-state index in [0.29, 0.717) is 40.5 Å². The van der Waals surface area contributed by atoms with Crippen LogP contribution in [0.4, 0.5) is 0 Å². The van der Waals surface area contributed by atoms with Gasteiger partial charge in [0.05, 0.1) is 5.69 Å². The van der Waals surface area contributed by atoms with Crippen molar-refractivity contribution in [1.82, 2.24) is 4.57 Å². The number of hydrogen-bond donors (Lipinski definition) is 3. The number of hydrogen-bond acceptors (Lipinski definition) is 4. The SMILES string of the molecule is NC(=O)[C@@H]1[SH]CC(=O)c2c1c1c(C(=O)C(=O)O)cccc1n2Cc1ccccc1. The fraction of sp³-hybridized carbons (Fsp3) is 0.143. The quantitative estimate of drug-likeness (QED) is 0.339. The Bertz CT molecular complexity index is 1180. The number of carboxylic acid groups (broad SMARTS) is 1. The number of thiol groups is 1. The number of nitrogens with two attached hydrogens (primary N) is 1. The van der Waals surface area contributed by atoms with Crippen LogP contribution < -0.4 is 5.73 Å². The van der Waals surface area contributed by atoms with Crippen molar-refractivity contribution in [2.24, 2.45) is 5.73 Å². The van der Waals surface area contributed by atoms with Gasteiger partial charge in [-0.15, -0.1) is 0 Å². The number of aliphatic carboxylic acids is 1. The lowest BCUT2D eigenvalue weighted by Gasteiger charge is -2.22. The van der Waals surface area contributed by atoms with E-state index in [1.807, 2.05) is 30.3 Å². The molecule has 1 atom stereocenters. The van der Waals surface area contributed by atoms with Crippen molar-refractivity contribution in [1.29, 1.82) is 0 Å². The molecule has 29 heavy (non-hydrogen) atoms. The van der Waals surface area contributed by atoms with Gasteiger partial charge in [0.1, 0.15) is 5.25 Å². The van der Waals surface area contributed by atoms with E-state index < -0.39 is 22.9 Å². The molecule has 147 valence electrons. The van der Waals surface area contributed by atoms with Crippen LogP contribution in [-0.4, -0.2) is 38.9 Å². The van der Waals surface area contributed by atoms with Crippen molar-refractivity contribution in [2.75, 3.05) is 5.75 Å². The van der Waals surface area contributed by atoms with Gasteiger partial charge in [0.15, 0.2) is 5.78 Å². The number of nitrogens with zero attached hydrogens (tertiary/aromatic N) is 1. The van der Waals surface area contributed by atoms with Crippen molar-refractivity contribution in [3.05, 3.63) is 70.9 Å². The molecule has 0 unspecified atom stereocenters. The van der Waals surface area contributed by atoms with Gasteiger partial charge in [0, 0.05) is 34.3 Å². The van der Waals surface area contributed by atoms with E-state index in [1.54, 1.807) is 16.7 Å². The fourth-order valence-corrected chi connectivity index (χ4v) is 4.92. The number of carbonyl (C=O) groups is 4. The van der Waals surface area contributed by atoms with Crippen molar-refractivity contribution < 1.29 is 24.3 Å². The zero-order valence-corrected chi connectivity index (χ0v) is 16.1. The Morgan fingerprint density at radius 2 is 1.83 bits per heavy atom. The first-order valence-electron chi connectivity index (χ1n) is 8.86. The van der Waals surface area contributed by atoms with Crippen LogP contribution in [0.3, 0.4) is 0 Å². The Balaban J connectivity index is 2.08. The van der Waals surface area contributed by atoms with Gasteiger partial charge in [-0.1, -0.05) is 42.5 Å². The van der Waals surface area contributed by atoms with Gasteiger partial charge >= 0.3 is 5.97 Å². The lowest BCUT2D eigenvalue weighted by atomic mass is 9.98. The molecule has 1 aliphatic heterocycles. The summed E-state index contributed by atoms with van der Waals surface area (Å²) >= 11 is 0.521. The monoisotopic (exact) mass is 409 g/mol. The third-order valence-corrected chi connectivity index (χ3v) is 6.32. The Morgan fingerprint density at radius 3 is 2.48 bits per heavy atom. The number of primary amides is 1. The van der Waals surface area contributed by atoms with E-state index >= 15 is 0 Å². The number of amides is 1. The fourth-order valence-electron chi connectivity index (χ4n) is 3.81. The molecule has 1 amide bonds. The average molecular weight is 409 g/mol. The molecule has 4 rings (SSSR count). The predicted molar refractivity (Wildman–Crippen MR) is 110 cm³/mol. The molecule has 0 saturated carbocycles. The highest BCUT2D eigenvalue weighted by atomic mass is 32.2. The third kappa shape index (κ3) is 3.11. The van der Waals surface area contributed by atoms with E-state index in [9.17, 15) is 24.3 Å². The van der Waals surface area contributed by atoms with Gasteiger partial charge in [-0.2, -0.15) is 11.8 Å². The molecule has 3 aromatic rings. The second-order valence-corrected chi connectivity index (χ2v) is 7.93. The van der Waals surface area contributed by atoms with Crippen LogP contribution in [0.15, 0.2) is 48.5 Å². The Morgan fingerprint density at radius 1 is 1.10 bits per heavy atom. The normalized spacial score (nSPS) is 15.9. The van der Waals surface area contributed by atoms with Gasteiger partial charge in [-0.05, 0) is 11.6 Å². The van der Waals surface area contributed by atoms with Crippen LogP contribution in [0.5, 0.6) is 0 Å². The molecule has 0 bridgehead atoms. The Hall–Kier alpha value is -3.39. The third-order valence-electron chi connectivity index (χ3n) is 4.97. The number of rotatable bonds is 5. The van der Waals surface area contributed by atoms with Gasteiger partial charge in [-0.25, -0.2) is 4.79 Å². The summed E-state index contributed by atoms with van der Waals surface area (Å²) in [7, 11) is 0. The molecule has 0 saturated heterocycles. The zero-order valence-electron chi connectivity index (χ0n) is 15.2. The summed E-state index contributed by atoms with van der Waals surface area (Å²) in [5.41, 5.74) is 7.68. The number of carbonyl (C=O) groups excluding carboxylic acids is 3. The molecular weight excluding hydrogens is 392 g/mol. The summed E-state index contributed by atoms with van der Waals surface area (Å²) in [4.78, 5) is 48.7. The molecule has 0 aliphatic carbocycles. The summed E-state index contributed by atoms with van der Waals surface area (Å²) in [5, 5.41) is 8.78. The maximum atomic E-state index is 12.9. The highest BCUT2D eigenvalue weighted by Gasteiger charge is 2.37. The van der Waals surface area contributed by atoms with Crippen molar-refractivity contribution in [2.45, 2.75) is 11.8 Å². The molecule has 1 aliphatic rings. The minimum absolute atomic E-state index is 0.0470. The summed E-state index contributed by atoms with van der Waals surface area (Å²) in [5.74, 6) is -3.34. The summed E-state index contributed by atoms with van der Waals surface area (Å²) < 4.78 is 1.76. The van der Waals surface area contributed by atoms with Gasteiger partial charge in [0.2, 0.25) is 5.91 Å². The van der Waals surface area contributed by atoms with Crippen LogP contribution in [0.1, 0.15) is 37.2 Å². The number of fused-ring (bicyclic) bond motifs is 3.